The first kappa shape index (κ1) is 6.72. The third kappa shape index (κ3) is 2.42. The first-order chi connectivity index (χ1) is 2.94. The van der Waals surface area contributed by atoms with Crippen LogP contribution in [0, 0.1) is 0 Å². The summed E-state index contributed by atoms with van der Waals surface area (Å²) in [5.41, 5.74) is 0. The predicted molar refractivity (Wildman–Crippen MR) is 17.7 cm³/mol. The Hall–Kier alpha value is -0.280. The maximum atomic E-state index is 11.1. The SMILES string of the molecule is CC(F)C(F)(F)F.[H+]. The summed E-state index contributed by atoms with van der Waals surface area (Å²) in [6.07, 6.45) is -7.37. The lowest BCUT2D eigenvalue weighted by Crippen LogP contribution is -2.20. The number of alkyl halides is 4. The molecule has 0 bridgehead atoms. The minimum atomic E-state index is -4.67. The summed E-state index contributed by atoms with van der Waals surface area (Å²) in [6.45, 7) is 0.458. The topological polar surface area (TPSA) is 0 Å². The molecule has 1 unspecified atom stereocenters. The van der Waals surface area contributed by atoms with E-state index >= 15 is 0 Å². The molecule has 44 valence electrons. The van der Waals surface area contributed by atoms with Crippen LogP contribution >= 0.6 is 0 Å². The maximum Gasteiger partial charge on any atom is 1.00 e. The van der Waals surface area contributed by atoms with Crippen LogP contribution in [0.4, 0.5) is 17.6 Å². The van der Waals surface area contributed by atoms with E-state index in [-0.39, 0.29) is 1.43 Å². The van der Waals surface area contributed by atoms with Crippen LogP contribution in [-0.4, -0.2) is 12.3 Å². The second-order valence-corrected chi connectivity index (χ2v) is 1.16. The summed E-state index contributed by atoms with van der Waals surface area (Å²) >= 11 is 0. The van der Waals surface area contributed by atoms with Gasteiger partial charge in [0.1, 0.15) is 0 Å². The van der Waals surface area contributed by atoms with E-state index in [2.05, 4.69) is 0 Å². The second kappa shape index (κ2) is 1.68. The third-order valence-corrected chi connectivity index (χ3v) is 0.451. The van der Waals surface area contributed by atoms with Crippen molar-refractivity contribution in [1.29, 1.82) is 0 Å². The van der Waals surface area contributed by atoms with E-state index in [0.717, 1.165) is 0 Å². The summed E-state index contributed by atoms with van der Waals surface area (Å²) < 4.78 is 43.5. The Morgan fingerprint density at radius 2 is 1.57 bits per heavy atom. The van der Waals surface area contributed by atoms with Crippen molar-refractivity contribution in [2.24, 2.45) is 0 Å². The summed E-state index contributed by atoms with van der Waals surface area (Å²) in [6, 6.07) is 0. The molecule has 0 aliphatic rings. The van der Waals surface area contributed by atoms with Gasteiger partial charge < -0.3 is 0 Å². The van der Waals surface area contributed by atoms with Crippen LogP contribution in [0.2, 0.25) is 0 Å². The minimum absolute atomic E-state index is 0. The molecule has 0 amide bonds. The van der Waals surface area contributed by atoms with E-state index < -0.39 is 12.3 Å². The zero-order chi connectivity index (χ0) is 6.08. The van der Waals surface area contributed by atoms with Gasteiger partial charge in [-0.1, -0.05) is 0 Å². The summed E-state index contributed by atoms with van der Waals surface area (Å²) in [4.78, 5) is 0. The molecule has 0 nitrogen and oxygen atoms in total. The first-order valence-electron chi connectivity index (χ1n) is 1.65. The van der Waals surface area contributed by atoms with Crippen molar-refractivity contribution in [2.75, 3.05) is 0 Å². The van der Waals surface area contributed by atoms with Crippen molar-refractivity contribution in [3.63, 3.8) is 0 Å². The molecule has 0 fully saturated rings. The quantitative estimate of drug-likeness (QED) is 0.426. The highest BCUT2D eigenvalue weighted by molar-refractivity contribution is 4.56. The van der Waals surface area contributed by atoms with Crippen LogP contribution in [0.3, 0.4) is 0 Å². The van der Waals surface area contributed by atoms with Crippen LogP contribution in [0.15, 0.2) is 0 Å². The van der Waals surface area contributed by atoms with Gasteiger partial charge in [-0.05, 0) is 6.92 Å². The summed E-state index contributed by atoms with van der Waals surface area (Å²) in [5.74, 6) is 0. The van der Waals surface area contributed by atoms with E-state index in [1.165, 1.54) is 0 Å². The summed E-state index contributed by atoms with van der Waals surface area (Å²) in [7, 11) is 0. The van der Waals surface area contributed by atoms with E-state index in [4.69, 9.17) is 0 Å². The molecule has 0 rings (SSSR count). The van der Waals surface area contributed by atoms with Crippen molar-refractivity contribution in [1.82, 2.24) is 0 Å². The summed E-state index contributed by atoms with van der Waals surface area (Å²) in [5, 5.41) is 0. The van der Waals surface area contributed by atoms with Gasteiger partial charge in [0.05, 0.1) is 0 Å². The lowest BCUT2D eigenvalue weighted by molar-refractivity contribution is -0.174. The van der Waals surface area contributed by atoms with Crippen LogP contribution in [-0.2, 0) is 0 Å². The Morgan fingerprint density at radius 1 is 1.43 bits per heavy atom. The number of hydrogen-bond donors (Lipinski definition) is 0. The zero-order valence-corrected chi connectivity index (χ0v) is 3.59. The van der Waals surface area contributed by atoms with Crippen LogP contribution in [0.25, 0.3) is 0 Å². The smallest absolute Gasteiger partial charge is 0.238 e. The molecule has 7 heavy (non-hydrogen) atoms. The average molecular weight is 117 g/mol. The molecule has 0 saturated carbocycles. The van der Waals surface area contributed by atoms with Crippen molar-refractivity contribution in [3.8, 4) is 0 Å². The maximum absolute atomic E-state index is 11.1. The fraction of sp³-hybridized carbons (Fsp3) is 1.00. The Labute approximate surface area is 39.6 Å². The molecule has 0 aromatic carbocycles. The molecule has 0 aromatic rings. The van der Waals surface area contributed by atoms with Crippen molar-refractivity contribution < 1.29 is 19.0 Å². The van der Waals surface area contributed by atoms with Gasteiger partial charge >= 0.3 is 7.60 Å². The molecule has 0 aliphatic carbocycles. The highest BCUT2D eigenvalue weighted by Gasteiger charge is 2.35. The molecular weight excluding hydrogens is 112 g/mol. The van der Waals surface area contributed by atoms with Crippen molar-refractivity contribution in [2.45, 2.75) is 19.3 Å². The Morgan fingerprint density at radius 3 is 1.57 bits per heavy atom. The highest BCUT2D eigenvalue weighted by Crippen LogP contribution is 2.21. The van der Waals surface area contributed by atoms with Crippen molar-refractivity contribution >= 4 is 0 Å². The molecule has 0 N–H and O–H groups in total. The molecule has 0 saturated heterocycles. The molecule has 4 heteroatoms. The van der Waals surface area contributed by atoms with Gasteiger partial charge in [0.25, 0.3) is 0 Å². The Bertz CT molecular complexity index is 56.8. The van der Waals surface area contributed by atoms with Gasteiger partial charge in [-0.15, -0.1) is 0 Å². The van der Waals surface area contributed by atoms with Crippen molar-refractivity contribution in [3.05, 3.63) is 0 Å². The Kier molecular flexibility index (Phi) is 1.61. The third-order valence-electron chi connectivity index (χ3n) is 0.451. The first-order valence-corrected chi connectivity index (χ1v) is 1.65. The highest BCUT2D eigenvalue weighted by atomic mass is 19.4. The average Bonchev–Trinajstić information content (AvgIpc) is 1.31. The van der Waals surface area contributed by atoms with Gasteiger partial charge in [-0.2, -0.15) is 13.2 Å². The molecule has 0 aliphatic heterocycles. The molecule has 0 spiro atoms. The van der Waals surface area contributed by atoms with E-state index in [9.17, 15) is 17.6 Å². The number of halogens is 4. The lowest BCUT2D eigenvalue weighted by Gasteiger charge is -2.04. The molecule has 1 atom stereocenters. The number of hydrogen-bond acceptors (Lipinski definition) is 0. The van der Waals surface area contributed by atoms with Gasteiger partial charge in [0.15, 0.2) is 6.17 Å². The van der Waals surface area contributed by atoms with Crippen LogP contribution in [0.1, 0.15) is 8.35 Å². The van der Waals surface area contributed by atoms with Gasteiger partial charge in [-0.3, -0.25) is 0 Å². The second-order valence-electron chi connectivity index (χ2n) is 1.16. The molecule has 0 heterocycles. The van der Waals surface area contributed by atoms with Crippen LogP contribution < -0.4 is 0 Å². The van der Waals surface area contributed by atoms with Gasteiger partial charge in [-0.25, -0.2) is 4.39 Å². The molecular formula is C3H5F4+. The zero-order valence-electron chi connectivity index (χ0n) is 4.59. The molecule has 0 aromatic heterocycles. The minimum Gasteiger partial charge on any atom is -0.238 e. The Balaban J connectivity index is 0. The fourth-order valence-electron chi connectivity index (χ4n) is 0. The monoisotopic (exact) mass is 117 g/mol. The number of rotatable bonds is 0. The van der Waals surface area contributed by atoms with E-state index in [0.29, 0.717) is 6.92 Å². The fourth-order valence-corrected chi connectivity index (χ4v) is 0. The van der Waals surface area contributed by atoms with Gasteiger partial charge in [0, 0.05) is 0 Å². The standard InChI is InChI=1S/C3H4F4/c1-2(4)3(5,6)7/h2H,1H3/p+1. The predicted octanol–water partition coefficient (Wildman–Crippen LogP) is 2.02. The lowest BCUT2D eigenvalue weighted by atomic mass is 10.4. The largest absolute Gasteiger partial charge is 1.00 e. The molecule has 0 radical (unpaired) electrons. The normalized spacial score (nSPS) is 16.7. The van der Waals surface area contributed by atoms with E-state index in [1.54, 1.807) is 0 Å². The van der Waals surface area contributed by atoms with Gasteiger partial charge in [0.2, 0.25) is 0 Å². The van der Waals surface area contributed by atoms with E-state index in [1.807, 2.05) is 0 Å². The van der Waals surface area contributed by atoms with Crippen LogP contribution in [0.5, 0.6) is 0 Å².